The van der Waals surface area contributed by atoms with Crippen molar-refractivity contribution in [2.24, 2.45) is 5.92 Å². The van der Waals surface area contributed by atoms with Gasteiger partial charge in [-0.25, -0.2) is 8.78 Å². The number of rotatable bonds is 9. The standard InChI is InChI=1S/C28H29F2NO4/c1-34-26-13-12-23(18-25(26)30)28(21-8-3-2-4-9-21,22-10-5-11-24(29)17-22)35-16-15-31-14-6-7-20(19-31)27(32)33/h2-5,8-13,17-18,20H,6-7,14-16,19H2,1H3,(H,32,33)/t20-,28?/m1/s1. The fraction of sp³-hybridized carbons (Fsp3) is 0.321. The van der Waals surface area contributed by atoms with Crippen LogP contribution in [0.2, 0.25) is 0 Å². The molecule has 1 unspecified atom stereocenters. The molecule has 3 aromatic carbocycles. The number of halogens is 2. The van der Waals surface area contributed by atoms with E-state index in [-0.39, 0.29) is 12.4 Å². The van der Waals surface area contributed by atoms with E-state index in [1.807, 2.05) is 30.3 Å². The number of carbonyl (C=O) groups is 1. The van der Waals surface area contributed by atoms with E-state index in [9.17, 15) is 18.7 Å². The molecule has 0 spiro atoms. The van der Waals surface area contributed by atoms with Gasteiger partial charge in [0.2, 0.25) is 0 Å². The van der Waals surface area contributed by atoms with E-state index >= 15 is 0 Å². The lowest BCUT2D eigenvalue weighted by Crippen LogP contribution is -2.42. The number of piperidine rings is 1. The first-order valence-corrected chi connectivity index (χ1v) is 11.7. The number of aliphatic carboxylic acids is 1. The summed E-state index contributed by atoms with van der Waals surface area (Å²) in [5, 5.41) is 9.41. The highest BCUT2D eigenvalue weighted by molar-refractivity contribution is 5.70. The summed E-state index contributed by atoms with van der Waals surface area (Å²) in [7, 11) is 1.40. The molecule has 2 atom stereocenters. The lowest BCUT2D eigenvalue weighted by atomic mass is 9.80. The third-order valence-corrected chi connectivity index (χ3v) is 6.55. The van der Waals surface area contributed by atoms with Crippen LogP contribution in [0.1, 0.15) is 29.5 Å². The van der Waals surface area contributed by atoms with Crippen molar-refractivity contribution in [2.75, 3.05) is 33.4 Å². The first-order valence-electron chi connectivity index (χ1n) is 11.7. The molecular weight excluding hydrogens is 452 g/mol. The van der Waals surface area contributed by atoms with E-state index in [1.165, 1.54) is 31.4 Å². The predicted octanol–water partition coefficient (Wildman–Crippen LogP) is 5.08. The Morgan fingerprint density at radius 1 is 1.03 bits per heavy atom. The van der Waals surface area contributed by atoms with Gasteiger partial charge in [-0.3, -0.25) is 4.79 Å². The van der Waals surface area contributed by atoms with Gasteiger partial charge in [0.25, 0.3) is 0 Å². The molecular formula is C28H29F2NO4. The fourth-order valence-corrected chi connectivity index (χ4v) is 4.80. The van der Waals surface area contributed by atoms with Crippen LogP contribution in [0.15, 0.2) is 72.8 Å². The first kappa shape index (κ1) is 24.8. The lowest BCUT2D eigenvalue weighted by molar-refractivity contribution is -0.143. The van der Waals surface area contributed by atoms with Crippen LogP contribution < -0.4 is 4.74 Å². The van der Waals surface area contributed by atoms with Gasteiger partial charge in [-0.15, -0.1) is 0 Å². The second-order valence-electron chi connectivity index (χ2n) is 8.73. The third-order valence-electron chi connectivity index (χ3n) is 6.55. The SMILES string of the molecule is COc1ccc(C(OCCN2CCC[C@@H](C(=O)O)C2)(c2ccccc2)c2cccc(F)c2)cc1F. The molecule has 1 aliphatic heterocycles. The quantitative estimate of drug-likeness (QED) is 0.432. The van der Waals surface area contributed by atoms with Crippen LogP contribution >= 0.6 is 0 Å². The molecule has 1 heterocycles. The summed E-state index contributed by atoms with van der Waals surface area (Å²) in [5.41, 5.74) is 0.445. The maximum Gasteiger partial charge on any atom is 0.307 e. The Kier molecular flexibility index (Phi) is 7.78. The Morgan fingerprint density at radius 3 is 2.46 bits per heavy atom. The third kappa shape index (κ3) is 5.36. The van der Waals surface area contributed by atoms with Gasteiger partial charge in [-0.2, -0.15) is 0 Å². The van der Waals surface area contributed by atoms with Crippen molar-refractivity contribution in [3.05, 3.63) is 101 Å². The van der Waals surface area contributed by atoms with Crippen molar-refractivity contribution in [1.82, 2.24) is 4.90 Å². The number of carboxylic acid groups (broad SMARTS) is 1. The van der Waals surface area contributed by atoms with Crippen molar-refractivity contribution < 1.29 is 28.2 Å². The van der Waals surface area contributed by atoms with E-state index in [2.05, 4.69) is 4.90 Å². The Balaban J connectivity index is 1.74. The van der Waals surface area contributed by atoms with Gasteiger partial charge in [0.1, 0.15) is 11.4 Å². The van der Waals surface area contributed by atoms with Crippen LogP contribution in [0.3, 0.4) is 0 Å². The highest BCUT2D eigenvalue weighted by atomic mass is 19.1. The van der Waals surface area contributed by atoms with E-state index in [0.717, 1.165) is 18.5 Å². The molecule has 0 saturated carbocycles. The zero-order chi connectivity index (χ0) is 24.8. The zero-order valence-electron chi connectivity index (χ0n) is 19.6. The molecule has 0 amide bonds. The fourth-order valence-electron chi connectivity index (χ4n) is 4.80. The topological polar surface area (TPSA) is 59.0 Å². The molecule has 0 radical (unpaired) electrons. The summed E-state index contributed by atoms with van der Waals surface area (Å²) in [4.78, 5) is 13.5. The van der Waals surface area contributed by atoms with Crippen molar-refractivity contribution >= 4 is 5.97 Å². The minimum atomic E-state index is -1.29. The number of methoxy groups -OCH3 is 1. The maximum absolute atomic E-state index is 14.9. The van der Waals surface area contributed by atoms with Crippen molar-refractivity contribution in [3.63, 3.8) is 0 Å². The van der Waals surface area contributed by atoms with Crippen LogP contribution in [-0.2, 0) is 15.1 Å². The molecule has 184 valence electrons. The number of hydrogen-bond acceptors (Lipinski definition) is 4. The predicted molar refractivity (Wildman–Crippen MR) is 128 cm³/mol. The van der Waals surface area contributed by atoms with Gasteiger partial charge in [-0.1, -0.05) is 48.5 Å². The van der Waals surface area contributed by atoms with E-state index in [4.69, 9.17) is 9.47 Å². The number of likely N-dealkylation sites (tertiary alicyclic amines) is 1. The molecule has 1 aliphatic rings. The second kappa shape index (κ2) is 11.0. The van der Waals surface area contributed by atoms with E-state index < -0.39 is 29.1 Å². The number of benzene rings is 3. The molecule has 35 heavy (non-hydrogen) atoms. The summed E-state index contributed by atoms with van der Waals surface area (Å²) in [6.45, 7) is 1.95. The van der Waals surface area contributed by atoms with Gasteiger partial charge >= 0.3 is 5.97 Å². The molecule has 1 N–H and O–H groups in total. The monoisotopic (exact) mass is 481 g/mol. The van der Waals surface area contributed by atoms with Crippen molar-refractivity contribution in [1.29, 1.82) is 0 Å². The van der Waals surface area contributed by atoms with Gasteiger partial charge in [0.15, 0.2) is 11.6 Å². The summed E-state index contributed by atoms with van der Waals surface area (Å²) in [6.07, 6.45) is 1.46. The van der Waals surface area contributed by atoms with Crippen LogP contribution in [0.25, 0.3) is 0 Å². The van der Waals surface area contributed by atoms with Gasteiger partial charge in [-0.05, 0) is 60.3 Å². The van der Waals surface area contributed by atoms with Gasteiger partial charge < -0.3 is 19.5 Å². The number of nitrogens with zero attached hydrogens (tertiary/aromatic N) is 1. The van der Waals surface area contributed by atoms with Crippen LogP contribution in [-0.4, -0.2) is 49.3 Å². The molecule has 5 nitrogen and oxygen atoms in total. The molecule has 1 saturated heterocycles. The maximum atomic E-state index is 14.9. The highest BCUT2D eigenvalue weighted by Crippen LogP contribution is 2.42. The summed E-state index contributed by atoms with van der Waals surface area (Å²) in [5.74, 6) is -2.07. The normalized spacial score (nSPS) is 18.1. The minimum absolute atomic E-state index is 0.1000. The number of hydrogen-bond donors (Lipinski definition) is 1. The first-order chi connectivity index (χ1) is 16.9. The van der Waals surface area contributed by atoms with Crippen LogP contribution in [0, 0.1) is 17.6 Å². The van der Waals surface area contributed by atoms with Crippen LogP contribution in [0.5, 0.6) is 5.75 Å². The highest BCUT2D eigenvalue weighted by Gasteiger charge is 2.39. The van der Waals surface area contributed by atoms with E-state index in [1.54, 1.807) is 18.2 Å². The Labute approximate surface area is 203 Å². The average Bonchev–Trinajstić information content (AvgIpc) is 2.87. The average molecular weight is 482 g/mol. The summed E-state index contributed by atoms with van der Waals surface area (Å²) < 4.78 is 41.1. The van der Waals surface area contributed by atoms with Crippen LogP contribution in [0.4, 0.5) is 8.78 Å². The molecule has 1 fully saturated rings. The van der Waals surface area contributed by atoms with Gasteiger partial charge in [0, 0.05) is 13.1 Å². The summed E-state index contributed by atoms with van der Waals surface area (Å²) >= 11 is 0. The largest absolute Gasteiger partial charge is 0.494 e. The molecule has 0 bridgehead atoms. The molecule has 0 aromatic heterocycles. The smallest absolute Gasteiger partial charge is 0.307 e. The Hall–Kier alpha value is -3.29. The van der Waals surface area contributed by atoms with Gasteiger partial charge in [0.05, 0.1) is 19.6 Å². The molecule has 0 aliphatic carbocycles. The Morgan fingerprint density at radius 2 is 1.77 bits per heavy atom. The Bertz CT molecular complexity index is 1160. The molecule has 4 rings (SSSR count). The number of ether oxygens (including phenoxy) is 2. The number of carboxylic acids is 1. The van der Waals surface area contributed by atoms with Crippen molar-refractivity contribution in [2.45, 2.75) is 18.4 Å². The van der Waals surface area contributed by atoms with Crippen molar-refractivity contribution in [3.8, 4) is 5.75 Å². The molecule has 3 aromatic rings. The lowest BCUT2D eigenvalue weighted by Gasteiger charge is -2.37. The zero-order valence-corrected chi connectivity index (χ0v) is 19.6. The van der Waals surface area contributed by atoms with E-state index in [0.29, 0.717) is 30.6 Å². The minimum Gasteiger partial charge on any atom is -0.494 e. The second-order valence-corrected chi connectivity index (χ2v) is 8.73. The summed E-state index contributed by atoms with van der Waals surface area (Å²) in [6, 6.07) is 20.1. The molecule has 7 heteroatoms.